The lowest BCUT2D eigenvalue weighted by molar-refractivity contribution is 0.0546. The van der Waals surface area contributed by atoms with Gasteiger partial charge in [-0.1, -0.05) is 51.1 Å². The van der Waals surface area contributed by atoms with Crippen molar-refractivity contribution in [1.82, 2.24) is 0 Å². The third kappa shape index (κ3) is 5.31. The molecule has 1 nitrogen and oxygen atoms in total. The molecule has 0 spiro atoms. The third-order valence-corrected chi connectivity index (χ3v) is 2.65. The lowest BCUT2D eigenvalue weighted by Gasteiger charge is -2.33. The third-order valence-electron chi connectivity index (χ3n) is 2.33. The van der Waals surface area contributed by atoms with Crippen LogP contribution in [0.1, 0.15) is 46.6 Å². The number of ether oxygens (including phenoxy) is 1. The quantitative estimate of drug-likeness (QED) is 0.725. The van der Waals surface area contributed by atoms with Crippen molar-refractivity contribution in [3.63, 3.8) is 0 Å². The second-order valence-electron chi connectivity index (χ2n) is 6.25. The fraction of sp³-hybridized carbons (Fsp3) is 0.533. The predicted octanol–water partition coefficient (Wildman–Crippen LogP) is 4.59. The molecule has 0 aromatic heterocycles. The summed E-state index contributed by atoms with van der Waals surface area (Å²) in [5, 5.41) is 0.583. The van der Waals surface area contributed by atoms with E-state index in [0.717, 1.165) is 12.0 Å². The lowest BCUT2D eigenvalue weighted by atomic mass is 9.83. The van der Waals surface area contributed by atoms with Crippen molar-refractivity contribution in [1.29, 1.82) is 0 Å². The van der Waals surface area contributed by atoms with Crippen molar-refractivity contribution < 1.29 is 4.74 Å². The Hall–Kier alpha value is -0.890. The van der Waals surface area contributed by atoms with Gasteiger partial charge in [-0.2, -0.15) is 0 Å². The standard InChI is InChI=1S/C15H22OS/c1-14(2,3)11-15(4,5)16-13(17)12-9-7-6-8-10-12/h6-10H,11H2,1-5H3. The zero-order valence-electron chi connectivity index (χ0n) is 11.4. The minimum atomic E-state index is -0.231. The summed E-state index contributed by atoms with van der Waals surface area (Å²) in [6.07, 6.45) is 0.965. The number of hydrogen-bond acceptors (Lipinski definition) is 2. The van der Waals surface area contributed by atoms with E-state index in [1.54, 1.807) is 0 Å². The van der Waals surface area contributed by atoms with Crippen LogP contribution < -0.4 is 0 Å². The maximum atomic E-state index is 5.93. The van der Waals surface area contributed by atoms with E-state index in [-0.39, 0.29) is 11.0 Å². The van der Waals surface area contributed by atoms with E-state index in [2.05, 4.69) is 34.6 Å². The largest absolute Gasteiger partial charge is 0.477 e. The summed E-state index contributed by atoms with van der Waals surface area (Å²) in [6, 6.07) is 9.89. The van der Waals surface area contributed by atoms with Crippen LogP contribution in [0.3, 0.4) is 0 Å². The van der Waals surface area contributed by atoms with E-state index in [9.17, 15) is 0 Å². The average Bonchev–Trinajstić information content (AvgIpc) is 2.14. The second-order valence-corrected chi connectivity index (χ2v) is 6.62. The summed E-state index contributed by atoms with van der Waals surface area (Å²) in [6.45, 7) is 10.8. The Morgan fingerprint density at radius 2 is 1.59 bits per heavy atom. The molecule has 0 aliphatic rings. The summed E-state index contributed by atoms with van der Waals surface area (Å²) in [5.74, 6) is 0. The van der Waals surface area contributed by atoms with Gasteiger partial charge in [0.05, 0.1) is 0 Å². The van der Waals surface area contributed by atoms with E-state index in [4.69, 9.17) is 17.0 Å². The lowest BCUT2D eigenvalue weighted by Crippen LogP contribution is -2.32. The first-order chi connectivity index (χ1) is 7.70. The van der Waals surface area contributed by atoms with E-state index in [1.807, 2.05) is 30.3 Å². The van der Waals surface area contributed by atoms with Gasteiger partial charge in [0.2, 0.25) is 0 Å². The van der Waals surface area contributed by atoms with Crippen molar-refractivity contribution in [2.24, 2.45) is 5.41 Å². The first-order valence-electron chi connectivity index (χ1n) is 5.98. The second kappa shape index (κ2) is 5.18. The van der Waals surface area contributed by atoms with Crippen LogP contribution in [0.15, 0.2) is 30.3 Å². The minimum Gasteiger partial charge on any atom is -0.477 e. The molecule has 0 amide bonds. The Balaban J connectivity index is 2.69. The highest BCUT2D eigenvalue weighted by atomic mass is 32.1. The van der Waals surface area contributed by atoms with Gasteiger partial charge >= 0.3 is 0 Å². The molecule has 0 N–H and O–H groups in total. The van der Waals surface area contributed by atoms with Crippen molar-refractivity contribution in [3.05, 3.63) is 35.9 Å². The van der Waals surface area contributed by atoms with Gasteiger partial charge in [0, 0.05) is 5.56 Å². The molecule has 0 unspecified atom stereocenters. The summed E-state index contributed by atoms with van der Waals surface area (Å²) in [7, 11) is 0. The van der Waals surface area contributed by atoms with E-state index in [0.29, 0.717) is 5.05 Å². The highest BCUT2D eigenvalue weighted by Gasteiger charge is 2.28. The number of hydrogen-bond donors (Lipinski definition) is 0. The SMILES string of the molecule is CC(C)(C)CC(C)(C)OC(=S)c1ccccc1. The van der Waals surface area contributed by atoms with Crippen LogP contribution in [0.4, 0.5) is 0 Å². The minimum absolute atomic E-state index is 0.231. The van der Waals surface area contributed by atoms with Crippen LogP contribution in [-0.2, 0) is 4.74 Å². The number of rotatable bonds is 3. The Bertz CT molecular complexity index is 374. The normalized spacial score (nSPS) is 12.3. The molecular formula is C15H22OS. The molecule has 0 saturated carbocycles. The number of benzene rings is 1. The van der Waals surface area contributed by atoms with Gasteiger partial charge in [-0.3, -0.25) is 0 Å². The smallest absolute Gasteiger partial charge is 0.191 e. The van der Waals surface area contributed by atoms with Gasteiger partial charge in [-0.05, 0) is 37.9 Å². The topological polar surface area (TPSA) is 9.23 Å². The zero-order valence-corrected chi connectivity index (χ0v) is 12.2. The fourth-order valence-corrected chi connectivity index (χ4v) is 2.56. The maximum absolute atomic E-state index is 5.93. The molecule has 0 heterocycles. The van der Waals surface area contributed by atoms with Gasteiger partial charge in [-0.25, -0.2) is 0 Å². The molecule has 17 heavy (non-hydrogen) atoms. The molecule has 0 fully saturated rings. The van der Waals surface area contributed by atoms with Crippen molar-refractivity contribution in [3.8, 4) is 0 Å². The van der Waals surface area contributed by atoms with Crippen LogP contribution in [0.25, 0.3) is 0 Å². The van der Waals surface area contributed by atoms with E-state index < -0.39 is 0 Å². The van der Waals surface area contributed by atoms with Crippen LogP contribution in [0.2, 0.25) is 0 Å². The van der Waals surface area contributed by atoms with Crippen LogP contribution in [0.5, 0.6) is 0 Å². The van der Waals surface area contributed by atoms with Gasteiger partial charge < -0.3 is 4.74 Å². The van der Waals surface area contributed by atoms with Gasteiger partial charge in [0.1, 0.15) is 5.60 Å². The Kier molecular flexibility index (Phi) is 4.31. The average molecular weight is 250 g/mol. The molecule has 1 aromatic carbocycles. The van der Waals surface area contributed by atoms with Crippen LogP contribution in [-0.4, -0.2) is 10.7 Å². The first-order valence-corrected chi connectivity index (χ1v) is 6.39. The first kappa shape index (κ1) is 14.2. The highest BCUT2D eigenvalue weighted by Crippen LogP contribution is 2.30. The number of thiocarbonyl (C=S) groups is 1. The summed E-state index contributed by atoms with van der Waals surface area (Å²) >= 11 is 5.34. The van der Waals surface area contributed by atoms with Crippen molar-refractivity contribution in [2.45, 2.75) is 46.6 Å². The van der Waals surface area contributed by atoms with Crippen molar-refractivity contribution >= 4 is 17.3 Å². The van der Waals surface area contributed by atoms with Crippen molar-refractivity contribution in [2.75, 3.05) is 0 Å². The molecule has 0 aliphatic heterocycles. The molecule has 94 valence electrons. The van der Waals surface area contributed by atoms with E-state index >= 15 is 0 Å². The molecule has 0 atom stereocenters. The molecule has 0 bridgehead atoms. The zero-order chi connectivity index (χ0) is 13.1. The molecule has 0 saturated heterocycles. The molecule has 0 radical (unpaired) electrons. The Labute approximate surface area is 110 Å². The summed E-state index contributed by atoms with van der Waals surface area (Å²) in [4.78, 5) is 0. The molecule has 2 heteroatoms. The van der Waals surface area contributed by atoms with Crippen LogP contribution in [0, 0.1) is 5.41 Å². The maximum Gasteiger partial charge on any atom is 0.191 e. The van der Waals surface area contributed by atoms with Gasteiger partial charge in [0.25, 0.3) is 0 Å². The molecule has 1 rings (SSSR count). The summed E-state index contributed by atoms with van der Waals surface area (Å²) in [5.41, 5.74) is 0.977. The van der Waals surface area contributed by atoms with Crippen LogP contribution >= 0.6 is 12.2 Å². The molecule has 1 aromatic rings. The fourth-order valence-electron chi connectivity index (χ4n) is 2.20. The molecular weight excluding hydrogens is 228 g/mol. The summed E-state index contributed by atoms with van der Waals surface area (Å²) < 4.78 is 5.93. The Morgan fingerprint density at radius 1 is 1.06 bits per heavy atom. The Morgan fingerprint density at radius 3 is 2.06 bits per heavy atom. The molecule has 0 aliphatic carbocycles. The highest BCUT2D eigenvalue weighted by molar-refractivity contribution is 7.80. The predicted molar refractivity (Wildman–Crippen MR) is 77.4 cm³/mol. The van der Waals surface area contributed by atoms with Gasteiger partial charge in [-0.15, -0.1) is 0 Å². The monoisotopic (exact) mass is 250 g/mol. The van der Waals surface area contributed by atoms with E-state index in [1.165, 1.54) is 0 Å². The van der Waals surface area contributed by atoms with Gasteiger partial charge in [0.15, 0.2) is 5.05 Å².